The Labute approximate surface area is 129 Å². The molecule has 0 atom stereocenters. The molecule has 2 aromatic rings. The van der Waals surface area contributed by atoms with Gasteiger partial charge in [0.25, 0.3) is 0 Å². The Morgan fingerprint density at radius 2 is 2.30 bits per heavy atom. The Morgan fingerprint density at radius 3 is 3.00 bits per heavy atom. The first-order valence-corrected chi connectivity index (χ1v) is 8.10. The highest BCUT2D eigenvalue weighted by Crippen LogP contribution is 2.21. The quantitative estimate of drug-likeness (QED) is 0.785. The SMILES string of the molecule is CCCNCc1cc(N(C)Cc2ccsc2)ncc1Cl. The second-order valence-corrected chi connectivity index (χ2v) is 5.99. The minimum atomic E-state index is 0.723. The van der Waals surface area contributed by atoms with Crippen molar-refractivity contribution in [2.24, 2.45) is 0 Å². The van der Waals surface area contributed by atoms with E-state index in [2.05, 4.69) is 52.1 Å². The molecule has 0 saturated heterocycles. The molecule has 0 saturated carbocycles. The van der Waals surface area contributed by atoms with Gasteiger partial charge in [-0.3, -0.25) is 0 Å². The van der Waals surface area contributed by atoms with Crippen LogP contribution in [0, 0.1) is 0 Å². The van der Waals surface area contributed by atoms with E-state index in [0.29, 0.717) is 0 Å². The van der Waals surface area contributed by atoms with Crippen molar-refractivity contribution < 1.29 is 0 Å². The van der Waals surface area contributed by atoms with Crippen molar-refractivity contribution in [3.05, 3.63) is 45.2 Å². The molecule has 108 valence electrons. The van der Waals surface area contributed by atoms with Crippen LogP contribution in [0.5, 0.6) is 0 Å². The maximum atomic E-state index is 6.20. The predicted octanol–water partition coefficient (Wildman–Crippen LogP) is 3.93. The third-order valence-electron chi connectivity index (χ3n) is 3.05. The number of hydrogen-bond acceptors (Lipinski definition) is 4. The van der Waals surface area contributed by atoms with Crippen LogP contribution in [0.25, 0.3) is 0 Å². The van der Waals surface area contributed by atoms with Gasteiger partial charge in [-0.2, -0.15) is 11.3 Å². The lowest BCUT2D eigenvalue weighted by atomic mass is 10.2. The fraction of sp³-hybridized carbons (Fsp3) is 0.400. The van der Waals surface area contributed by atoms with Gasteiger partial charge in [-0.1, -0.05) is 18.5 Å². The summed E-state index contributed by atoms with van der Waals surface area (Å²) >= 11 is 7.92. The molecule has 20 heavy (non-hydrogen) atoms. The summed E-state index contributed by atoms with van der Waals surface area (Å²) < 4.78 is 0. The summed E-state index contributed by atoms with van der Waals surface area (Å²) in [5.41, 5.74) is 2.40. The molecule has 3 nitrogen and oxygen atoms in total. The maximum absolute atomic E-state index is 6.20. The average Bonchev–Trinajstić information content (AvgIpc) is 2.94. The Bertz CT molecular complexity index is 528. The van der Waals surface area contributed by atoms with Gasteiger partial charge in [-0.15, -0.1) is 0 Å². The maximum Gasteiger partial charge on any atom is 0.128 e. The zero-order valence-corrected chi connectivity index (χ0v) is 13.5. The lowest BCUT2D eigenvalue weighted by Gasteiger charge is -2.19. The number of thiophene rings is 1. The monoisotopic (exact) mass is 309 g/mol. The highest BCUT2D eigenvalue weighted by Gasteiger charge is 2.08. The summed E-state index contributed by atoms with van der Waals surface area (Å²) in [7, 11) is 2.05. The molecule has 0 aliphatic rings. The van der Waals surface area contributed by atoms with Gasteiger partial charge in [0.05, 0.1) is 5.02 Å². The number of nitrogens with one attached hydrogen (secondary N) is 1. The number of rotatable bonds is 7. The van der Waals surface area contributed by atoms with Gasteiger partial charge >= 0.3 is 0 Å². The number of pyridine rings is 1. The fourth-order valence-corrected chi connectivity index (χ4v) is 2.78. The molecule has 0 bridgehead atoms. The summed E-state index contributed by atoms with van der Waals surface area (Å²) in [5, 5.41) is 8.36. The van der Waals surface area contributed by atoms with Gasteiger partial charge < -0.3 is 10.2 Å². The van der Waals surface area contributed by atoms with E-state index >= 15 is 0 Å². The van der Waals surface area contributed by atoms with Crippen molar-refractivity contribution in [2.75, 3.05) is 18.5 Å². The highest BCUT2D eigenvalue weighted by atomic mass is 35.5. The van der Waals surface area contributed by atoms with Gasteiger partial charge in [0, 0.05) is 26.3 Å². The molecule has 2 heterocycles. The minimum Gasteiger partial charge on any atom is -0.355 e. The first-order valence-electron chi connectivity index (χ1n) is 6.78. The number of hydrogen-bond donors (Lipinski definition) is 1. The predicted molar refractivity (Wildman–Crippen MR) is 87.7 cm³/mol. The first kappa shape index (κ1) is 15.3. The van der Waals surface area contributed by atoms with Crippen molar-refractivity contribution in [3.63, 3.8) is 0 Å². The summed E-state index contributed by atoms with van der Waals surface area (Å²) in [5.74, 6) is 0.953. The van der Waals surface area contributed by atoms with Crippen molar-refractivity contribution >= 4 is 28.8 Å². The molecule has 0 aromatic carbocycles. The molecule has 5 heteroatoms. The largest absolute Gasteiger partial charge is 0.355 e. The lowest BCUT2D eigenvalue weighted by Crippen LogP contribution is -2.19. The summed E-state index contributed by atoms with van der Waals surface area (Å²) in [4.78, 5) is 6.56. The van der Waals surface area contributed by atoms with Gasteiger partial charge in [0.1, 0.15) is 5.82 Å². The average molecular weight is 310 g/mol. The molecule has 0 aliphatic carbocycles. The summed E-state index contributed by atoms with van der Waals surface area (Å²) in [6.07, 6.45) is 2.86. The third kappa shape index (κ3) is 4.20. The zero-order chi connectivity index (χ0) is 14.4. The van der Waals surface area contributed by atoms with Crippen LogP contribution in [-0.4, -0.2) is 18.6 Å². The lowest BCUT2D eigenvalue weighted by molar-refractivity contribution is 0.674. The van der Waals surface area contributed by atoms with E-state index in [0.717, 1.165) is 42.5 Å². The molecular weight excluding hydrogens is 290 g/mol. The molecule has 0 amide bonds. The summed E-state index contributed by atoms with van der Waals surface area (Å²) in [6, 6.07) is 4.21. The molecule has 0 aliphatic heterocycles. The van der Waals surface area contributed by atoms with Gasteiger partial charge in [0.2, 0.25) is 0 Å². The van der Waals surface area contributed by atoms with Crippen LogP contribution in [0.2, 0.25) is 5.02 Å². The first-order chi connectivity index (χ1) is 9.70. The molecule has 0 unspecified atom stereocenters. The van der Waals surface area contributed by atoms with Gasteiger partial charge in [-0.25, -0.2) is 4.98 Å². The van der Waals surface area contributed by atoms with E-state index in [4.69, 9.17) is 11.6 Å². The van der Waals surface area contributed by atoms with Gasteiger partial charge in [-0.05, 0) is 47.0 Å². The topological polar surface area (TPSA) is 28.2 Å². The van der Waals surface area contributed by atoms with Crippen molar-refractivity contribution in [2.45, 2.75) is 26.4 Å². The third-order valence-corrected chi connectivity index (χ3v) is 4.13. The minimum absolute atomic E-state index is 0.723. The second-order valence-electron chi connectivity index (χ2n) is 4.80. The Hall–Kier alpha value is -1.10. The van der Waals surface area contributed by atoms with Crippen LogP contribution < -0.4 is 10.2 Å². The molecule has 1 N–H and O–H groups in total. The molecular formula is C15H20ClN3S. The molecule has 2 aromatic heterocycles. The standard InChI is InChI=1S/C15H20ClN3S/c1-3-5-17-8-13-7-15(18-9-14(13)16)19(2)10-12-4-6-20-11-12/h4,6-7,9,11,17H,3,5,8,10H2,1-2H3. The Morgan fingerprint density at radius 1 is 1.45 bits per heavy atom. The van der Waals surface area contributed by atoms with Crippen LogP contribution in [0.15, 0.2) is 29.1 Å². The highest BCUT2D eigenvalue weighted by molar-refractivity contribution is 7.07. The zero-order valence-electron chi connectivity index (χ0n) is 11.9. The molecule has 2 rings (SSSR count). The number of nitrogens with zero attached hydrogens (tertiary/aromatic N) is 2. The van der Waals surface area contributed by atoms with Crippen LogP contribution in [0.3, 0.4) is 0 Å². The van der Waals surface area contributed by atoms with Crippen LogP contribution in [-0.2, 0) is 13.1 Å². The molecule has 0 fully saturated rings. The summed E-state index contributed by atoms with van der Waals surface area (Å²) in [6.45, 7) is 4.80. The number of halogens is 1. The van der Waals surface area contributed by atoms with Crippen LogP contribution in [0.1, 0.15) is 24.5 Å². The van der Waals surface area contributed by atoms with E-state index in [-0.39, 0.29) is 0 Å². The van der Waals surface area contributed by atoms with E-state index in [1.54, 1.807) is 17.5 Å². The van der Waals surface area contributed by atoms with Crippen LogP contribution >= 0.6 is 22.9 Å². The molecule has 0 spiro atoms. The normalized spacial score (nSPS) is 10.8. The molecule has 0 radical (unpaired) electrons. The van der Waals surface area contributed by atoms with Crippen molar-refractivity contribution in [1.82, 2.24) is 10.3 Å². The van der Waals surface area contributed by atoms with E-state index in [1.165, 1.54) is 5.56 Å². The number of aromatic nitrogens is 1. The fourth-order valence-electron chi connectivity index (χ4n) is 1.95. The van der Waals surface area contributed by atoms with Gasteiger partial charge in [0.15, 0.2) is 0 Å². The van der Waals surface area contributed by atoms with E-state index < -0.39 is 0 Å². The van der Waals surface area contributed by atoms with E-state index in [1.807, 2.05) is 0 Å². The second kappa shape index (κ2) is 7.62. The van der Waals surface area contributed by atoms with E-state index in [9.17, 15) is 0 Å². The van der Waals surface area contributed by atoms with Crippen LogP contribution in [0.4, 0.5) is 5.82 Å². The Balaban J connectivity index is 2.05. The van der Waals surface area contributed by atoms with Crippen molar-refractivity contribution in [3.8, 4) is 0 Å². The van der Waals surface area contributed by atoms with Crippen molar-refractivity contribution in [1.29, 1.82) is 0 Å². The smallest absolute Gasteiger partial charge is 0.128 e. The number of anilines is 1. The Kier molecular flexibility index (Phi) is 5.83.